The third-order valence-corrected chi connectivity index (χ3v) is 3.37. The molecule has 0 bridgehead atoms. The van der Waals surface area contributed by atoms with Crippen LogP contribution >= 0.6 is 0 Å². The molecule has 0 unspecified atom stereocenters. The van der Waals surface area contributed by atoms with Gasteiger partial charge < -0.3 is 16.0 Å². The van der Waals surface area contributed by atoms with E-state index in [2.05, 4.69) is 25.7 Å². The van der Waals surface area contributed by atoms with E-state index in [-0.39, 0.29) is 28.6 Å². The van der Waals surface area contributed by atoms with Crippen LogP contribution in [-0.2, 0) is 17.0 Å². The van der Waals surface area contributed by atoms with E-state index in [1.54, 1.807) is 6.92 Å². The Bertz CT molecular complexity index is 834. The molecule has 0 aliphatic heterocycles. The van der Waals surface area contributed by atoms with E-state index >= 15 is 0 Å². The normalized spacial score (nSPS) is 12.0. The van der Waals surface area contributed by atoms with Crippen molar-refractivity contribution >= 4 is 23.4 Å². The number of nitrogens with zero attached hydrogens (tertiary/aromatic N) is 4. The highest BCUT2D eigenvalue weighted by Crippen LogP contribution is 2.34. The molecule has 2 rings (SSSR count). The molecule has 0 saturated heterocycles. The first kappa shape index (κ1) is 20.3. The minimum atomic E-state index is -4.66. The number of halogens is 5. The van der Waals surface area contributed by atoms with Crippen molar-refractivity contribution in [1.82, 2.24) is 25.1 Å². The summed E-state index contributed by atoms with van der Waals surface area (Å²) in [6, 6.07) is -3.95. The Kier molecular flexibility index (Phi) is 5.51. The summed E-state index contributed by atoms with van der Waals surface area (Å²) in [4.78, 5) is 18.6. The molecule has 8 nitrogen and oxygen atoms in total. The molecule has 3 N–H and O–H groups in total. The number of hydrogen-bond acceptors (Lipinski definition) is 6. The fourth-order valence-corrected chi connectivity index (χ4v) is 2.05. The van der Waals surface area contributed by atoms with Gasteiger partial charge in [0.25, 0.3) is 0 Å². The van der Waals surface area contributed by atoms with E-state index in [1.807, 2.05) is 5.32 Å². The van der Waals surface area contributed by atoms with Gasteiger partial charge in [0.05, 0.1) is 17.6 Å². The lowest BCUT2D eigenvalue weighted by atomic mass is 10.3. The third kappa shape index (κ3) is 4.23. The average molecular weight is 393 g/mol. The standard InChI is InChI=1S/C14H16F5N7O/c1-4-21-10-8(13(15,16)17)5-22-12(24-10)23-9-6-26(25-7(9)2)14(18,19)11(27)20-3/h5-6H,4H2,1-3H3,(H,20,27)(H2,21,22,23,24). The van der Waals surface area contributed by atoms with Crippen molar-refractivity contribution in [3.8, 4) is 0 Å². The van der Waals surface area contributed by atoms with Crippen LogP contribution in [0, 0.1) is 6.92 Å². The van der Waals surface area contributed by atoms with Gasteiger partial charge in [-0.15, -0.1) is 0 Å². The number of hydrogen-bond donors (Lipinski definition) is 3. The Morgan fingerprint density at radius 2 is 1.93 bits per heavy atom. The van der Waals surface area contributed by atoms with Gasteiger partial charge in [0, 0.05) is 19.8 Å². The minimum Gasteiger partial charge on any atom is -0.370 e. The zero-order valence-corrected chi connectivity index (χ0v) is 14.4. The number of aromatic nitrogens is 4. The fourth-order valence-electron chi connectivity index (χ4n) is 2.05. The van der Waals surface area contributed by atoms with Crippen LogP contribution < -0.4 is 16.0 Å². The minimum absolute atomic E-state index is 0.000727. The predicted molar refractivity (Wildman–Crippen MR) is 85.7 cm³/mol. The molecule has 2 aromatic heterocycles. The van der Waals surface area contributed by atoms with Crippen molar-refractivity contribution in [1.29, 1.82) is 0 Å². The van der Waals surface area contributed by atoms with E-state index in [9.17, 15) is 26.7 Å². The number of nitrogens with one attached hydrogen (secondary N) is 3. The number of anilines is 3. The maximum atomic E-state index is 13.9. The Morgan fingerprint density at radius 1 is 1.26 bits per heavy atom. The maximum absolute atomic E-state index is 13.9. The van der Waals surface area contributed by atoms with Gasteiger partial charge in [-0.05, 0) is 13.8 Å². The number of rotatable bonds is 6. The van der Waals surface area contributed by atoms with Crippen LogP contribution in [-0.4, -0.2) is 39.2 Å². The Balaban J connectivity index is 2.35. The molecule has 27 heavy (non-hydrogen) atoms. The van der Waals surface area contributed by atoms with Gasteiger partial charge in [-0.1, -0.05) is 0 Å². The fraction of sp³-hybridized carbons (Fsp3) is 0.429. The summed E-state index contributed by atoms with van der Waals surface area (Å²) in [5.74, 6) is -2.29. The molecule has 0 aliphatic carbocycles. The van der Waals surface area contributed by atoms with Crippen molar-refractivity contribution in [2.75, 3.05) is 24.2 Å². The summed E-state index contributed by atoms with van der Waals surface area (Å²) < 4.78 is 66.9. The summed E-state index contributed by atoms with van der Waals surface area (Å²) in [6.45, 7) is 3.13. The van der Waals surface area contributed by atoms with Gasteiger partial charge in [0.15, 0.2) is 0 Å². The molecule has 0 saturated carbocycles. The topological polar surface area (TPSA) is 96.8 Å². The summed E-state index contributed by atoms with van der Waals surface area (Å²) in [5.41, 5.74) is -0.999. The van der Waals surface area contributed by atoms with Gasteiger partial charge in [0.2, 0.25) is 5.95 Å². The smallest absolute Gasteiger partial charge is 0.370 e. The molecule has 0 radical (unpaired) electrons. The first-order chi connectivity index (χ1) is 12.5. The second-order valence-corrected chi connectivity index (χ2v) is 5.30. The predicted octanol–water partition coefficient (Wildman–Crippen LogP) is 2.47. The molecular weight excluding hydrogens is 377 g/mol. The quantitative estimate of drug-likeness (QED) is 0.653. The SMILES string of the molecule is CCNc1nc(Nc2cn(C(F)(F)C(=O)NC)nc2C)ncc1C(F)(F)F. The molecule has 0 spiro atoms. The summed E-state index contributed by atoms with van der Waals surface area (Å²) in [5, 5.41) is 10.4. The van der Waals surface area contributed by atoms with Crippen molar-refractivity contribution < 1.29 is 26.7 Å². The van der Waals surface area contributed by atoms with Crippen molar-refractivity contribution in [2.24, 2.45) is 0 Å². The van der Waals surface area contributed by atoms with Crippen LogP contribution in [0.25, 0.3) is 0 Å². The molecule has 0 aliphatic rings. The third-order valence-electron chi connectivity index (χ3n) is 3.37. The highest BCUT2D eigenvalue weighted by Gasteiger charge is 2.42. The number of likely N-dealkylation sites (N-methyl/N-ethyl adjacent to an activating group) is 1. The second-order valence-electron chi connectivity index (χ2n) is 5.30. The van der Waals surface area contributed by atoms with Gasteiger partial charge >= 0.3 is 18.1 Å². The molecule has 0 atom stereocenters. The number of amides is 1. The highest BCUT2D eigenvalue weighted by atomic mass is 19.4. The van der Waals surface area contributed by atoms with Crippen LogP contribution in [0.1, 0.15) is 18.2 Å². The van der Waals surface area contributed by atoms with E-state index < -0.39 is 29.5 Å². The van der Waals surface area contributed by atoms with Gasteiger partial charge in [-0.2, -0.15) is 36.7 Å². The van der Waals surface area contributed by atoms with Crippen molar-refractivity contribution in [2.45, 2.75) is 26.1 Å². The lowest BCUT2D eigenvalue weighted by molar-refractivity contribution is -0.162. The zero-order valence-electron chi connectivity index (χ0n) is 14.4. The Morgan fingerprint density at radius 3 is 2.48 bits per heavy atom. The van der Waals surface area contributed by atoms with Crippen LogP contribution in [0.4, 0.5) is 39.4 Å². The van der Waals surface area contributed by atoms with Crippen LogP contribution in [0.15, 0.2) is 12.4 Å². The van der Waals surface area contributed by atoms with E-state index in [4.69, 9.17) is 0 Å². The second kappa shape index (κ2) is 7.32. The molecule has 2 aromatic rings. The number of carbonyl (C=O) groups is 1. The lowest BCUT2D eigenvalue weighted by Gasteiger charge is -2.14. The molecule has 0 fully saturated rings. The average Bonchev–Trinajstić information content (AvgIpc) is 2.95. The molecule has 2 heterocycles. The molecule has 0 aromatic carbocycles. The molecule has 13 heteroatoms. The monoisotopic (exact) mass is 393 g/mol. The van der Waals surface area contributed by atoms with Crippen LogP contribution in [0.3, 0.4) is 0 Å². The summed E-state index contributed by atoms with van der Waals surface area (Å²) in [7, 11) is 1.05. The van der Waals surface area contributed by atoms with E-state index in [0.29, 0.717) is 6.20 Å². The van der Waals surface area contributed by atoms with E-state index in [1.165, 1.54) is 6.92 Å². The van der Waals surface area contributed by atoms with Gasteiger partial charge in [-0.25, -0.2) is 4.98 Å². The largest absolute Gasteiger partial charge is 0.422 e. The maximum Gasteiger partial charge on any atom is 0.422 e. The highest BCUT2D eigenvalue weighted by molar-refractivity contribution is 5.81. The number of aryl methyl sites for hydroxylation is 1. The van der Waals surface area contributed by atoms with Gasteiger partial charge in [0.1, 0.15) is 11.4 Å². The zero-order chi connectivity index (χ0) is 20.4. The number of alkyl halides is 5. The molecule has 1 amide bonds. The van der Waals surface area contributed by atoms with Crippen LogP contribution in [0.2, 0.25) is 0 Å². The summed E-state index contributed by atoms with van der Waals surface area (Å²) >= 11 is 0. The lowest BCUT2D eigenvalue weighted by Crippen LogP contribution is -2.41. The van der Waals surface area contributed by atoms with Crippen molar-refractivity contribution in [3.63, 3.8) is 0 Å². The van der Waals surface area contributed by atoms with E-state index in [0.717, 1.165) is 13.2 Å². The van der Waals surface area contributed by atoms with Crippen LogP contribution in [0.5, 0.6) is 0 Å². The first-order valence-corrected chi connectivity index (χ1v) is 7.62. The Labute approximate surface area is 150 Å². The molecular formula is C14H16F5N7O. The van der Waals surface area contributed by atoms with Gasteiger partial charge in [-0.3, -0.25) is 4.79 Å². The first-order valence-electron chi connectivity index (χ1n) is 7.62. The molecule has 148 valence electrons. The van der Waals surface area contributed by atoms with Crippen molar-refractivity contribution in [3.05, 3.63) is 23.7 Å². The summed E-state index contributed by atoms with van der Waals surface area (Å²) in [6.07, 6.45) is -3.25. The number of carbonyl (C=O) groups excluding carboxylic acids is 1. The Hall–Kier alpha value is -2.99.